The van der Waals surface area contributed by atoms with Crippen LogP contribution >= 0.6 is 15.9 Å². The second-order valence-corrected chi connectivity index (χ2v) is 4.23. The van der Waals surface area contributed by atoms with E-state index in [0.717, 1.165) is 0 Å². The maximum Gasteiger partial charge on any atom is 0.313 e. The number of methoxy groups -OCH3 is 3. The molecule has 0 amide bonds. The summed E-state index contributed by atoms with van der Waals surface area (Å²) in [5.74, 6) is -1.58. The Balaban J connectivity index is 3.53. The van der Waals surface area contributed by atoms with Crippen LogP contribution in [0.1, 0.15) is 5.56 Å². The molecule has 0 atom stereocenters. The summed E-state index contributed by atoms with van der Waals surface area (Å²) in [6.07, 6.45) is 0. The van der Waals surface area contributed by atoms with Gasteiger partial charge in [0.2, 0.25) is 0 Å². The molecule has 0 saturated heterocycles. The van der Waals surface area contributed by atoms with Crippen LogP contribution in [-0.4, -0.2) is 26.3 Å². The van der Waals surface area contributed by atoms with Gasteiger partial charge in [-0.1, -0.05) is 15.9 Å². The predicted molar refractivity (Wildman–Crippen MR) is 67.9 cm³/mol. The first kappa shape index (κ1) is 14.8. The van der Waals surface area contributed by atoms with Crippen molar-refractivity contribution in [3.05, 3.63) is 32.3 Å². The Labute approximate surface area is 112 Å². The lowest BCUT2D eigenvalue weighted by molar-refractivity contribution is -0.385. The smallest absolute Gasteiger partial charge is 0.313 e. The van der Waals surface area contributed by atoms with E-state index < -0.39 is 10.9 Å². The minimum Gasteiger partial charge on any atom is -0.393 e. The minimum absolute atomic E-state index is 0.0752. The number of nitro benzene ring substituents is 1. The number of ether oxygens (including phenoxy) is 3. The molecule has 7 nitrogen and oxygen atoms in total. The number of hydrogen-bond donors (Lipinski definition) is 1. The number of nitrogen functional groups attached to an aromatic ring is 1. The zero-order valence-corrected chi connectivity index (χ0v) is 11.7. The van der Waals surface area contributed by atoms with E-state index in [1.165, 1.54) is 27.4 Å². The fourth-order valence-electron chi connectivity index (χ4n) is 1.59. The molecular weight excluding hydrogens is 308 g/mol. The Morgan fingerprint density at radius 1 is 1.28 bits per heavy atom. The minimum atomic E-state index is -1.58. The maximum atomic E-state index is 10.9. The van der Waals surface area contributed by atoms with Gasteiger partial charge in [0.05, 0.1) is 10.5 Å². The lowest BCUT2D eigenvalue weighted by Crippen LogP contribution is -2.34. The molecule has 0 heterocycles. The number of nitro groups is 1. The first-order valence-electron chi connectivity index (χ1n) is 4.81. The lowest BCUT2D eigenvalue weighted by atomic mass is 10.1. The summed E-state index contributed by atoms with van der Waals surface area (Å²) in [5.41, 5.74) is 5.65. The standard InChI is InChI=1S/C10H13BrN2O5/c1-16-10(17-2,18-3)7-4-6(11)5-8(9(7)12)13(14)15/h4-5H,12H2,1-3H3. The van der Waals surface area contributed by atoms with Gasteiger partial charge in [-0.05, 0) is 6.07 Å². The Kier molecular flexibility index (Phi) is 4.63. The summed E-state index contributed by atoms with van der Waals surface area (Å²) in [7, 11) is 4.04. The first-order chi connectivity index (χ1) is 8.41. The van der Waals surface area contributed by atoms with Crippen LogP contribution in [0.5, 0.6) is 0 Å². The average molecular weight is 321 g/mol. The molecule has 0 bridgehead atoms. The fourth-order valence-corrected chi connectivity index (χ4v) is 2.03. The van der Waals surface area contributed by atoms with Gasteiger partial charge in [0.25, 0.3) is 5.69 Å². The molecule has 100 valence electrons. The van der Waals surface area contributed by atoms with E-state index in [9.17, 15) is 10.1 Å². The van der Waals surface area contributed by atoms with Crippen LogP contribution in [0.4, 0.5) is 11.4 Å². The highest BCUT2D eigenvalue weighted by molar-refractivity contribution is 9.10. The summed E-state index contributed by atoms with van der Waals surface area (Å²) in [5, 5.41) is 10.9. The molecule has 0 aliphatic carbocycles. The molecule has 0 saturated carbocycles. The van der Waals surface area contributed by atoms with Crippen molar-refractivity contribution >= 4 is 27.3 Å². The summed E-state index contributed by atoms with van der Waals surface area (Å²) in [6.45, 7) is 0. The predicted octanol–water partition coefficient (Wildman–Crippen LogP) is 1.99. The maximum absolute atomic E-state index is 10.9. The molecule has 0 fully saturated rings. The van der Waals surface area contributed by atoms with Gasteiger partial charge in [-0.2, -0.15) is 0 Å². The van der Waals surface area contributed by atoms with Crippen molar-refractivity contribution in [3.8, 4) is 0 Å². The second kappa shape index (κ2) is 5.61. The molecule has 18 heavy (non-hydrogen) atoms. The van der Waals surface area contributed by atoms with E-state index in [4.69, 9.17) is 19.9 Å². The van der Waals surface area contributed by atoms with Gasteiger partial charge < -0.3 is 19.9 Å². The second-order valence-electron chi connectivity index (χ2n) is 3.31. The highest BCUT2D eigenvalue weighted by Gasteiger charge is 2.37. The van der Waals surface area contributed by atoms with Crippen LogP contribution in [0.15, 0.2) is 16.6 Å². The largest absolute Gasteiger partial charge is 0.393 e. The van der Waals surface area contributed by atoms with Crippen molar-refractivity contribution in [2.45, 2.75) is 5.97 Å². The molecule has 0 radical (unpaired) electrons. The van der Waals surface area contributed by atoms with Crippen LogP contribution in [-0.2, 0) is 20.2 Å². The highest BCUT2D eigenvalue weighted by Crippen LogP contribution is 2.38. The normalized spacial score (nSPS) is 11.6. The summed E-state index contributed by atoms with van der Waals surface area (Å²) >= 11 is 3.17. The van der Waals surface area contributed by atoms with Crippen molar-refractivity contribution in [2.24, 2.45) is 0 Å². The van der Waals surface area contributed by atoms with Crippen molar-refractivity contribution in [1.29, 1.82) is 0 Å². The van der Waals surface area contributed by atoms with Crippen LogP contribution in [0, 0.1) is 10.1 Å². The Morgan fingerprint density at radius 2 is 1.78 bits per heavy atom. The molecule has 0 spiro atoms. The molecular formula is C10H13BrN2O5. The monoisotopic (exact) mass is 320 g/mol. The summed E-state index contributed by atoms with van der Waals surface area (Å²) < 4.78 is 15.8. The van der Waals surface area contributed by atoms with Crippen molar-refractivity contribution in [2.75, 3.05) is 27.1 Å². The average Bonchev–Trinajstić information content (AvgIpc) is 2.35. The molecule has 1 aromatic rings. The van der Waals surface area contributed by atoms with E-state index in [1.54, 1.807) is 6.07 Å². The van der Waals surface area contributed by atoms with Crippen LogP contribution in [0.2, 0.25) is 0 Å². The number of rotatable bonds is 5. The van der Waals surface area contributed by atoms with Gasteiger partial charge >= 0.3 is 5.97 Å². The van der Waals surface area contributed by atoms with E-state index in [2.05, 4.69) is 15.9 Å². The van der Waals surface area contributed by atoms with E-state index >= 15 is 0 Å². The Morgan fingerprint density at radius 3 is 2.17 bits per heavy atom. The van der Waals surface area contributed by atoms with Crippen molar-refractivity contribution < 1.29 is 19.1 Å². The quantitative estimate of drug-likeness (QED) is 0.385. The molecule has 0 aromatic heterocycles. The molecule has 1 aromatic carbocycles. The molecule has 0 aliphatic rings. The highest BCUT2D eigenvalue weighted by atomic mass is 79.9. The van der Waals surface area contributed by atoms with E-state index in [1.807, 2.05) is 0 Å². The van der Waals surface area contributed by atoms with Crippen molar-refractivity contribution in [1.82, 2.24) is 0 Å². The first-order valence-corrected chi connectivity index (χ1v) is 5.60. The van der Waals surface area contributed by atoms with Gasteiger partial charge in [-0.3, -0.25) is 10.1 Å². The SMILES string of the molecule is COC(OC)(OC)c1cc(Br)cc([N+](=O)[O-])c1N. The molecule has 0 unspecified atom stereocenters. The van der Waals surface area contributed by atoms with Gasteiger partial charge in [0, 0.05) is 31.9 Å². The molecule has 8 heteroatoms. The molecule has 1 rings (SSSR count). The zero-order valence-electron chi connectivity index (χ0n) is 10.1. The number of benzene rings is 1. The van der Waals surface area contributed by atoms with Crippen LogP contribution in [0.3, 0.4) is 0 Å². The molecule has 2 N–H and O–H groups in total. The zero-order chi connectivity index (χ0) is 13.9. The number of nitrogens with two attached hydrogens (primary N) is 1. The van der Waals surface area contributed by atoms with Crippen LogP contribution in [0.25, 0.3) is 0 Å². The lowest BCUT2D eigenvalue weighted by Gasteiger charge is -2.29. The third-order valence-corrected chi connectivity index (χ3v) is 2.91. The van der Waals surface area contributed by atoms with Gasteiger partial charge in [-0.25, -0.2) is 0 Å². The third kappa shape index (κ3) is 2.46. The molecule has 0 aliphatic heterocycles. The van der Waals surface area contributed by atoms with E-state index in [-0.39, 0.29) is 16.9 Å². The third-order valence-electron chi connectivity index (χ3n) is 2.46. The van der Waals surface area contributed by atoms with E-state index in [0.29, 0.717) is 4.47 Å². The number of hydrogen-bond acceptors (Lipinski definition) is 6. The topological polar surface area (TPSA) is 96.8 Å². The summed E-state index contributed by atoms with van der Waals surface area (Å²) in [4.78, 5) is 10.3. The van der Waals surface area contributed by atoms with Gasteiger partial charge in [0.15, 0.2) is 0 Å². The van der Waals surface area contributed by atoms with Crippen LogP contribution < -0.4 is 5.73 Å². The number of nitrogens with zero attached hydrogens (tertiary/aromatic N) is 1. The van der Waals surface area contributed by atoms with Gasteiger partial charge in [0.1, 0.15) is 5.69 Å². The van der Waals surface area contributed by atoms with Crippen molar-refractivity contribution in [3.63, 3.8) is 0 Å². The number of anilines is 1. The fraction of sp³-hybridized carbons (Fsp3) is 0.400. The Bertz CT molecular complexity index is 454. The number of halogens is 1. The summed E-state index contributed by atoms with van der Waals surface area (Å²) in [6, 6.07) is 2.84. The Hall–Kier alpha value is -1.22. The van der Waals surface area contributed by atoms with Gasteiger partial charge in [-0.15, -0.1) is 0 Å².